The van der Waals surface area contributed by atoms with E-state index in [0.29, 0.717) is 16.4 Å². The maximum Gasteiger partial charge on any atom is 0.272 e. The molecule has 0 aliphatic carbocycles. The van der Waals surface area contributed by atoms with Crippen molar-refractivity contribution in [2.45, 2.75) is 10.1 Å². The number of thiazole rings is 1. The highest BCUT2D eigenvalue weighted by Gasteiger charge is 2.23. The van der Waals surface area contributed by atoms with E-state index < -0.39 is 17.1 Å². The average molecular weight is 634 g/mol. The number of aromatic nitrogens is 1. The highest BCUT2D eigenvalue weighted by molar-refractivity contribution is 8.00. The highest BCUT2D eigenvalue weighted by atomic mass is 32.2. The lowest BCUT2D eigenvalue weighted by atomic mass is 10.1. The monoisotopic (exact) mass is 633 g/mol. The smallest absolute Gasteiger partial charge is 0.272 e. The zero-order valence-corrected chi connectivity index (χ0v) is 26.3. The second-order valence-corrected chi connectivity index (χ2v) is 12.2. The summed E-state index contributed by atoms with van der Waals surface area (Å²) in [5, 5.41) is 10.4. The molecular formula is C35H31N5O3S2. The zero-order valence-electron chi connectivity index (χ0n) is 24.6. The third kappa shape index (κ3) is 8.69. The van der Waals surface area contributed by atoms with Crippen LogP contribution in [0.1, 0.15) is 26.7 Å². The third-order valence-electron chi connectivity index (χ3n) is 6.60. The molecule has 0 saturated heterocycles. The summed E-state index contributed by atoms with van der Waals surface area (Å²) >= 11 is 2.71. The first-order valence-electron chi connectivity index (χ1n) is 14.0. The molecule has 226 valence electrons. The van der Waals surface area contributed by atoms with Crippen LogP contribution in [-0.4, -0.2) is 36.8 Å². The van der Waals surface area contributed by atoms with E-state index in [0.717, 1.165) is 21.7 Å². The summed E-state index contributed by atoms with van der Waals surface area (Å²) in [6.07, 6.45) is 3.28. The van der Waals surface area contributed by atoms with Gasteiger partial charge in [-0.1, -0.05) is 66.7 Å². The Kier molecular flexibility index (Phi) is 10.4. The van der Waals surface area contributed by atoms with Crippen LogP contribution < -0.4 is 20.9 Å². The SMILES string of the molecule is CN(C)c1ccc(/C=C(/NC(=O)c2ccccc2)C(=O)Nc2cccc(SC(C(=O)Nc3nccs3)c3ccccc3)c2)cc1. The topological polar surface area (TPSA) is 103 Å². The van der Waals surface area contributed by atoms with E-state index >= 15 is 0 Å². The van der Waals surface area contributed by atoms with Crippen LogP contribution in [0.15, 0.2) is 131 Å². The number of benzene rings is 4. The van der Waals surface area contributed by atoms with Gasteiger partial charge in [0.25, 0.3) is 11.8 Å². The van der Waals surface area contributed by atoms with E-state index in [1.807, 2.05) is 91.8 Å². The van der Waals surface area contributed by atoms with E-state index in [1.54, 1.807) is 54.1 Å². The average Bonchev–Trinajstić information content (AvgIpc) is 3.57. The van der Waals surface area contributed by atoms with E-state index in [1.165, 1.54) is 23.1 Å². The van der Waals surface area contributed by atoms with Gasteiger partial charge in [0.15, 0.2) is 5.13 Å². The van der Waals surface area contributed by atoms with Gasteiger partial charge in [-0.3, -0.25) is 14.4 Å². The number of carbonyl (C=O) groups excluding carboxylic acids is 3. The zero-order chi connectivity index (χ0) is 31.6. The molecule has 3 amide bonds. The standard InChI is InChI=1S/C35H31N5O3S2/c1-40(2)28-18-16-24(17-19-28)22-30(38-32(41)26-12-7-4-8-13-26)33(42)37-27-14-9-15-29(23-27)45-31(25-10-5-3-6-11-25)34(43)39-35-36-20-21-44-35/h3-23,31H,1-2H3,(H,37,42)(H,38,41)(H,36,39,43)/b30-22+. The van der Waals surface area contributed by atoms with E-state index in [4.69, 9.17) is 0 Å². The summed E-state index contributed by atoms with van der Waals surface area (Å²) in [4.78, 5) is 46.9. The van der Waals surface area contributed by atoms with Crippen LogP contribution in [0.4, 0.5) is 16.5 Å². The van der Waals surface area contributed by atoms with Gasteiger partial charge < -0.3 is 20.9 Å². The van der Waals surface area contributed by atoms with Crippen LogP contribution in [0.2, 0.25) is 0 Å². The molecule has 10 heteroatoms. The van der Waals surface area contributed by atoms with Crippen molar-refractivity contribution in [3.05, 3.63) is 143 Å². The van der Waals surface area contributed by atoms with Crippen LogP contribution in [-0.2, 0) is 9.59 Å². The molecule has 5 aromatic rings. The first kappa shape index (κ1) is 31.2. The van der Waals surface area contributed by atoms with Crippen molar-refractivity contribution in [2.24, 2.45) is 0 Å². The van der Waals surface area contributed by atoms with E-state index in [-0.39, 0.29) is 11.6 Å². The molecule has 0 saturated carbocycles. The minimum Gasteiger partial charge on any atom is -0.378 e. The van der Waals surface area contributed by atoms with E-state index in [9.17, 15) is 14.4 Å². The molecule has 1 aromatic heterocycles. The third-order valence-corrected chi connectivity index (χ3v) is 8.53. The molecule has 0 fully saturated rings. The second kappa shape index (κ2) is 15.0. The molecule has 1 heterocycles. The van der Waals surface area contributed by atoms with Gasteiger partial charge in [-0.15, -0.1) is 23.1 Å². The summed E-state index contributed by atoms with van der Waals surface area (Å²) in [7, 11) is 3.90. The van der Waals surface area contributed by atoms with Gasteiger partial charge >= 0.3 is 0 Å². The summed E-state index contributed by atoms with van der Waals surface area (Å²) in [5.74, 6) is -1.09. The fourth-order valence-corrected chi connectivity index (χ4v) is 5.93. The normalized spacial score (nSPS) is 11.7. The Morgan fingerprint density at radius 1 is 0.844 bits per heavy atom. The van der Waals surface area contributed by atoms with Crippen molar-refractivity contribution in [3.63, 3.8) is 0 Å². The maximum absolute atomic E-state index is 13.6. The fraction of sp³-hybridized carbons (Fsp3) is 0.0857. The number of hydrogen-bond acceptors (Lipinski definition) is 7. The maximum atomic E-state index is 13.6. The molecular weight excluding hydrogens is 603 g/mol. The van der Waals surface area contributed by atoms with Crippen molar-refractivity contribution >= 4 is 63.4 Å². The summed E-state index contributed by atoms with van der Waals surface area (Å²) in [6, 6.07) is 33.1. The van der Waals surface area contributed by atoms with Crippen molar-refractivity contribution in [1.29, 1.82) is 0 Å². The number of nitrogens with one attached hydrogen (secondary N) is 3. The summed E-state index contributed by atoms with van der Waals surface area (Å²) in [5.41, 5.74) is 3.63. The van der Waals surface area contributed by atoms with Crippen molar-refractivity contribution in [1.82, 2.24) is 10.3 Å². The molecule has 0 spiro atoms. The number of anilines is 3. The highest BCUT2D eigenvalue weighted by Crippen LogP contribution is 2.37. The van der Waals surface area contributed by atoms with Crippen molar-refractivity contribution in [3.8, 4) is 0 Å². The lowest BCUT2D eigenvalue weighted by Crippen LogP contribution is -2.30. The molecule has 45 heavy (non-hydrogen) atoms. The number of amides is 3. The Hall–Kier alpha value is -5.19. The molecule has 5 rings (SSSR count). The van der Waals surface area contributed by atoms with Crippen LogP contribution >= 0.6 is 23.1 Å². The Morgan fingerprint density at radius 3 is 2.22 bits per heavy atom. The molecule has 0 aliphatic rings. The van der Waals surface area contributed by atoms with Crippen LogP contribution in [0, 0.1) is 0 Å². The second-order valence-electron chi connectivity index (χ2n) is 10.1. The Labute approximate surface area is 270 Å². The number of rotatable bonds is 11. The minimum absolute atomic E-state index is 0.0875. The van der Waals surface area contributed by atoms with Gasteiger partial charge in [-0.05, 0) is 59.7 Å². The largest absolute Gasteiger partial charge is 0.378 e. The van der Waals surface area contributed by atoms with Gasteiger partial charge in [0, 0.05) is 47.5 Å². The lowest BCUT2D eigenvalue weighted by molar-refractivity contribution is -0.116. The fourth-order valence-electron chi connectivity index (χ4n) is 4.32. The van der Waals surface area contributed by atoms with Crippen LogP contribution in [0.25, 0.3) is 6.08 Å². The molecule has 3 N–H and O–H groups in total. The van der Waals surface area contributed by atoms with Gasteiger partial charge in [0.2, 0.25) is 5.91 Å². The first-order valence-corrected chi connectivity index (χ1v) is 15.8. The molecule has 1 unspecified atom stereocenters. The molecule has 0 bridgehead atoms. The van der Waals surface area contributed by atoms with Gasteiger partial charge in [0.1, 0.15) is 10.9 Å². The molecule has 0 aliphatic heterocycles. The Bertz CT molecular complexity index is 1780. The number of hydrogen-bond donors (Lipinski definition) is 3. The lowest BCUT2D eigenvalue weighted by Gasteiger charge is -2.17. The summed E-state index contributed by atoms with van der Waals surface area (Å²) < 4.78 is 0. The predicted octanol–water partition coefficient (Wildman–Crippen LogP) is 7.09. The van der Waals surface area contributed by atoms with Gasteiger partial charge in [-0.25, -0.2) is 4.98 Å². The van der Waals surface area contributed by atoms with Crippen molar-refractivity contribution in [2.75, 3.05) is 29.6 Å². The molecule has 4 aromatic carbocycles. The quantitative estimate of drug-likeness (QED) is 0.106. The molecule has 1 atom stereocenters. The van der Waals surface area contributed by atoms with Crippen LogP contribution in [0.5, 0.6) is 0 Å². The predicted molar refractivity (Wildman–Crippen MR) is 184 cm³/mol. The Morgan fingerprint density at radius 2 is 1.56 bits per heavy atom. The number of carbonyl (C=O) groups is 3. The number of thioether (sulfide) groups is 1. The summed E-state index contributed by atoms with van der Waals surface area (Å²) in [6.45, 7) is 0. The number of nitrogens with zero attached hydrogens (tertiary/aromatic N) is 2. The van der Waals surface area contributed by atoms with E-state index in [2.05, 4.69) is 20.9 Å². The first-order chi connectivity index (χ1) is 21.9. The van der Waals surface area contributed by atoms with Crippen LogP contribution in [0.3, 0.4) is 0 Å². The molecule has 8 nitrogen and oxygen atoms in total. The Balaban J connectivity index is 1.37. The molecule has 0 radical (unpaired) electrons. The van der Waals surface area contributed by atoms with Gasteiger partial charge in [-0.2, -0.15) is 0 Å². The minimum atomic E-state index is -0.563. The van der Waals surface area contributed by atoms with Gasteiger partial charge in [0.05, 0.1) is 0 Å². The van der Waals surface area contributed by atoms with Crippen molar-refractivity contribution < 1.29 is 14.4 Å².